The second kappa shape index (κ2) is 18.8. The summed E-state index contributed by atoms with van der Waals surface area (Å²) in [6, 6.07) is 0. The monoisotopic (exact) mass is 1080 g/mol. The molecule has 0 N–H and O–H groups in total. The van der Waals surface area contributed by atoms with Crippen LogP contribution in [0.25, 0.3) is 0 Å². The summed E-state index contributed by atoms with van der Waals surface area (Å²) >= 11 is 0. The quantitative estimate of drug-likeness (QED) is 0.0465. The number of carbonyl (C=O) groups is 2. The fourth-order valence-corrected chi connectivity index (χ4v) is 4.47. The molecule has 0 aliphatic carbocycles. The van der Waals surface area contributed by atoms with Gasteiger partial charge in [0.25, 0.3) is 0 Å². The van der Waals surface area contributed by atoms with Crippen molar-refractivity contribution < 1.29 is 202 Å². The number of esters is 2. The van der Waals surface area contributed by atoms with E-state index in [1.807, 2.05) is 0 Å². The van der Waals surface area contributed by atoms with Crippen LogP contribution in [0.2, 0.25) is 0 Å². The predicted molar refractivity (Wildman–Crippen MR) is 131 cm³/mol. The molecule has 0 heterocycles. The minimum atomic E-state index is -8.91. The molecule has 0 amide bonds. The molecule has 0 aromatic heterocycles. The number of halogens is 32. The van der Waals surface area contributed by atoms with Gasteiger partial charge in [0, 0.05) is 0 Å². The van der Waals surface area contributed by atoms with Gasteiger partial charge in [-0.25, -0.2) is 26.0 Å². The Kier molecular flexibility index (Phi) is 18.7. The molecule has 0 aromatic rings. The minimum Gasteiger partial charge on any atom is -0.747 e. The Morgan fingerprint density at radius 1 is 0.415 bits per heavy atom. The van der Waals surface area contributed by atoms with E-state index in [1.54, 1.807) is 0 Å². The fraction of sp³-hybridized carbons (Fsp3) is 0.917. The molecule has 65 heavy (non-hydrogen) atoms. The second-order valence-corrected chi connectivity index (χ2v) is 13.6. The number of hydrogen-bond donors (Lipinski definition) is 0. The molecule has 382 valence electrons. The topological polar surface area (TPSA) is 110 Å². The van der Waals surface area contributed by atoms with Crippen molar-refractivity contribution in [3.05, 3.63) is 0 Å². The van der Waals surface area contributed by atoms with Gasteiger partial charge in [0.2, 0.25) is 0 Å². The first-order valence-electron chi connectivity index (χ1n) is 14.6. The van der Waals surface area contributed by atoms with Gasteiger partial charge in [0.1, 0.15) is 10.1 Å². The van der Waals surface area contributed by atoms with Crippen molar-refractivity contribution in [1.29, 1.82) is 0 Å². The molecular formula is C24H13F32NaO7S. The minimum absolute atomic E-state index is 0. The van der Waals surface area contributed by atoms with E-state index in [0.717, 1.165) is 0 Å². The maximum Gasteiger partial charge on any atom is 1.00 e. The molecule has 0 saturated heterocycles. The van der Waals surface area contributed by atoms with Crippen LogP contribution in [0.3, 0.4) is 0 Å². The van der Waals surface area contributed by atoms with Crippen LogP contribution < -0.4 is 29.6 Å². The first kappa shape index (κ1) is 64.7. The zero-order chi connectivity index (χ0) is 52.3. The van der Waals surface area contributed by atoms with E-state index in [9.17, 15) is 163 Å². The Morgan fingerprint density at radius 2 is 0.646 bits per heavy atom. The number of hydrogen-bond acceptors (Lipinski definition) is 7. The van der Waals surface area contributed by atoms with E-state index in [-0.39, 0.29) is 29.6 Å². The molecule has 0 saturated carbocycles. The summed E-state index contributed by atoms with van der Waals surface area (Å²) < 4.78 is 469. The van der Waals surface area contributed by atoms with Gasteiger partial charge >= 0.3 is 137 Å². The van der Waals surface area contributed by atoms with Crippen molar-refractivity contribution in [1.82, 2.24) is 0 Å². The molecule has 7 nitrogen and oxygen atoms in total. The molecule has 41 heteroatoms. The number of carbonyl (C=O) groups excluding carboxylic acids is 2. The molecule has 0 aromatic carbocycles. The van der Waals surface area contributed by atoms with Crippen LogP contribution in [0.15, 0.2) is 0 Å². The van der Waals surface area contributed by atoms with Gasteiger partial charge in [-0.3, -0.25) is 9.59 Å². The molecule has 0 bridgehead atoms. The Bertz CT molecular complexity index is 1780. The zero-order valence-electron chi connectivity index (χ0n) is 29.6. The maximum atomic E-state index is 14.0. The summed E-state index contributed by atoms with van der Waals surface area (Å²) in [6.07, 6.45) is -22.2. The van der Waals surface area contributed by atoms with Gasteiger partial charge in [-0.15, -0.1) is 0 Å². The maximum absolute atomic E-state index is 14.0. The van der Waals surface area contributed by atoms with E-state index >= 15 is 0 Å². The van der Waals surface area contributed by atoms with Gasteiger partial charge in [0.15, 0.2) is 5.25 Å². The molecule has 0 radical (unpaired) electrons. The van der Waals surface area contributed by atoms with Crippen LogP contribution in [-0.4, -0.2) is 139 Å². The Hall–Kier alpha value is -2.39. The Balaban J connectivity index is 0. The van der Waals surface area contributed by atoms with Crippen LogP contribution >= 0.6 is 0 Å². The van der Waals surface area contributed by atoms with Crippen molar-refractivity contribution in [2.24, 2.45) is 0 Å². The summed E-state index contributed by atoms with van der Waals surface area (Å²) in [7, 11) is -6.73. The number of rotatable bonds is 24. The normalized spacial score (nSPS) is 16.1. The summed E-state index contributed by atoms with van der Waals surface area (Å²) in [4.78, 5) is 23.5. The largest absolute Gasteiger partial charge is 1.00 e. The Labute approximate surface area is 357 Å². The molecule has 1 unspecified atom stereocenters. The van der Waals surface area contributed by atoms with Gasteiger partial charge in [-0.1, -0.05) is 0 Å². The fourth-order valence-electron chi connectivity index (χ4n) is 3.83. The SMILES string of the molecule is O=C(CC(C(=O)OCCC(F)(F)C(F)(F)C(F)(F)C(F)(F)C(F)(F)C(F)(F)C(F)(F)C(F)F)S(=O)(=O)[O-])OCCC(F)(F)C(F)(F)C(F)(F)C(F)(F)C(F)(F)C(F)(F)C(F)(F)C(F)F.[Na+]. The van der Waals surface area contributed by atoms with Crippen LogP contribution in [0, 0.1) is 0 Å². The third-order valence-electron chi connectivity index (χ3n) is 7.76. The molecule has 0 spiro atoms. The van der Waals surface area contributed by atoms with Crippen molar-refractivity contribution in [2.45, 2.75) is 120 Å². The number of ether oxygens (including phenoxy) is 2. The molecule has 0 aliphatic rings. The van der Waals surface area contributed by atoms with Crippen molar-refractivity contribution in [3.8, 4) is 0 Å². The first-order valence-corrected chi connectivity index (χ1v) is 16.1. The second-order valence-electron chi connectivity index (χ2n) is 12.1. The smallest absolute Gasteiger partial charge is 0.747 e. The van der Waals surface area contributed by atoms with Crippen molar-refractivity contribution >= 4 is 22.1 Å². The van der Waals surface area contributed by atoms with E-state index in [2.05, 4.69) is 9.47 Å². The van der Waals surface area contributed by atoms with E-state index in [4.69, 9.17) is 0 Å². The van der Waals surface area contributed by atoms with Crippen LogP contribution in [-0.2, 0) is 29.2 Å². The van der Waals surface area contributed by atoms with Gasteiger partial charge in [0.05, 0.1) is 32.5 Å². The van der Waals surface area contributed by atoms with Gasteiger partial charge < -0.3 is 14.0 Å². The summed E-state index contributed by atoms with van der Waals surface area (Å²) in [5.74, 6) is -123. The average Bonchev–Trinajstić information content (AvgIpc) is 3.08. The molecule has 0 aliphatic heterocycles. The third kappa shape index (κ3) is 10.3. The molecule has 0 rings (SSSR count). The van der Waals surface area contributed by atoms with Gasteiger partial charge in [-0.2, -0.15) is 123 Å². The van der Waals surface area contributed by atoms with Crippen LogP contribution in [0.4, 0.5) is 140 Å². The standard InChI is InChI=1S/C24H14F32O7S.Na/c25-9(26)13(33,34)17(41,42)21(49,50)23(53,54)19(45,46)15(37,38)11(29,30)1-3-62-7(57)5-6(64(59,60)61)8(58)63-4-2-12(31,32)16(39,40)20(47,48)24(55,56)22(51,52)18(43,44)14(35,36)10(27)28;/h6,9-10H,1-5H2,(H,59,60,61);/q;+1/p-1. The Morgan fingerprint density at radius 3 is 0.892 bits per heavy atom. The first-order chi connectivity index (χ1) is 27.5. The van der Waals surface area contributed by atoms with E-state index < -0.39 is 156 Å². The molecular weight excluding hydrogens is 1060 g/mol. The summed E-state index contributed by atoms with van der Waals surface area (Å²) in [5.41, 5.74) is 0. The average molecular weight is 1080 g/mol. The predicted octanol–water partition coefficient (Wildman–Crippen LogP) is 6.59. The van der Waals surface area contributed by atoms with Crippen molar-refractivity contribution in [3.63, 3.8) is 0 Å². The van der Waals surface area contributed by atoms with Crippen molar-refractivity contribution in [2.75, 3.05) is 13.2 Å². The molecule has 1 atom stereocenters. The van der Waals surface area contributed by atoms with E-state index in [0.29, 0.717) is 0 Å². The zero-order valence-corrected chi connectivity index (χ0v) is 32.4. The summed E-state index contributed by atoms with van der Waals surface area (Å²) in [5, 5.41) is -4.03. The van der Waals surface area contributed by atoms with E-state index in [1.165, 1.54) is 0 Å². The third-order valence-corrected chi connectivity index (χ3v) is 8.82. The van der Waals surface area contributed by atoms with Crippen LogP contribution in [0.5, 0.6) is 0 Å². The number of alkyl halides is 32. The molecule has 0 fully saturated rings. The summed E-state index contributed by atoms with van der Waals surface area (Å²) in [6.45, 7) is -5.80. The van der Waals surface area contributed by atoms with Gasteiger partial charge in [-0.05, 0) is 0 Å². The van der Waals surface area contributed by atoms with Crippen LogP contribution in [0.1, 0.15) is 19.3 Å².